The molecule has 6 heteroatoms. The number of amides is 2. The lowest BCUT2D eigenvalue weighted by Gasteiger charge is -2.34. The van der Waals surface area contributed by atoms with Gasteiger partial charge in [-0.3, -0.25) is 19.0 Å². The summed E-state index contributed by atoms with van der Waals surface area (Å²) in [6.07, 6.45) is 3.82. The second kappa shape index (κ2) is 7.55. The standard InChI is InChI=1S/C21H25N3O3/c25-19-10-9-16-6-1-2-8-18(16)24(19)15-20(26)23-13-5-7-17(14-23)21(27)22-11-3-4-12-22/h1-2,6,8-10,17H,3-5,7,11-15H2/t17-/m0/s1. The highest BCUT2D eigenvalue weighted by molar-refractivity contribution is 5.83. The Morgan fingerprint density at radius 1 is 0.926 bits per heavy atom. The molecule has 0 saturated carbocycles. The maximum absolute atomic E-state index is 12.9. The molecule has 0 bridgehead atoms. The maximum Gasteiger partial charge on any atom is 0.251 e. The molecule has 2 aliphatic rings. The fourth-order valence-corrected chi connectivity index (χ4v) is 4.24. The first kappa shape index (κ1) is 17.8. The zero-order valence-electron chi connectivity index (χ0n) is 15.5. The second-order valence-electron chi connectivity index (χ2n) is 7.53. The summed E-state index contributed by atoms with van der Waals surface area (Å²) in [5.74, 6) is -0.00950. The Labute approximate surface area is 158 Å². The number of hydrogen-bond donors (Lipinski definition) is 0. The molecule has 0 N–H and O–H groups in total. The van der Waals surface area contributed by atoms with Crippen molar-refractivity contribution < 1.29 is 9.59 Å². The highest BCUT2D eigenvalue weighted by Gasteiger charge is 2.32. The quantitative estimate of drug-likeness (QED) is 0.832. The van der Waals surface area contributed by atoms with E-state index in [1.54, 1.807) is 11.0 Å². The van der Waals surface area contributed by atoms with Gasteiger partial charge in [0.05, 0.1) is 11.4 Å². The minimum absolute atomic E-state index is 0.0187. The van der Waals surface area contributed by atoms with E-state index in [4.69, 9.17) is 0 Å². The van der Waals surface area contributed by atoms with Crippen molar-refractivity contribution in [3.63, 3.8) is 0 Å². The number of aromatic nitrogens is 1. The summed E-state index contributed by atoms with van der Waals surface area (Å²) in [5, 5.41) is 0.936. The van der Waals surface area contributed by atoms with E-state index in [-0.39, 0.29) is 29.8 Å². The van der Waals surface area contributed by atoms with Gasteiger partial charge in [0, 0.05) is 32.2 Å². The molecule has 2 aliphatic heterocycles. The van der Waals surface area contributed by atoms with Crippen LogP contribution in [-0.2, 0) is 16.1 Å². The van der Waals surface area contributed by atoms with Gasteiger partial charge in [-0.2, -0.15) is 0 Å². The van der Waals surface area contributed by atoms with Crippen LogP contribution in [0.3, 0.4) is 0 Å². The number of piperidine rings is 1. The molecule has 0 aliphatic carbocycles. The minimum Gasteiger partial charge on any atom is -0.342 e. The monoisotopic (exact) mass is 367 g/mol. The zero-order chi connectivity index (χ0) is 18.8. The molecule has 2 saturated heterocycles. The number of rotatable bonds is 3. The third-order valence-corrected chi connectivity index (χ3v) is 5.73. The van der Waals surface area contributed by atoms with Crippen LogP contribution in [0, 0.1) is 5.92 Å². The summed E-state index contributed by atoms with van der Waals surface area (Å²) in [5.41, 5.74) is 0.587. The van der Waals surface area contributed by atoms with Gasteiger partial charge in [0.25, 0.3) is 5.56 Å². The fourth-order valence-electron chi connectivity index (χ4n) is 4.24. The van der Waals surface area contributed by atoms with Crippen LogP contribution in [-0.4, -0.2) is 52.4 Å². The second-order valence-corrected chi connectivity index (χ2v) is 7.53. The normalized spacial score (nSPS) is 20.2. The first-order valence-corrected chi connectivity index (χ1v) is 9.78. The van der Waals surface area contributed by atoms with Crippen LogP contribution in [0.2, 0.25) is 0 Å². The van der Waals surface area contributed by atoms with Gasteiger partial charge in [0.1, 0.15) is 6.54 Å². The Balaban J connectivity index is 1.49. The van der Waals surface area contributed by atoms with Crippen LogP contribution in [0.25, 0.3) is 10.9 Å². The smallest absolute Gasteiger partial charge is 0.251 e. The largest absolute Gasteiger partial charge is 0.342 e. The lowest BCUT2D eigenvalue weighted by atomic mass is 9.96. The molecule has 0 spiro atoms. The number of likely N-dealkylation sites (tertiary alicyclic amines) is 2. The molecule has 3 heterocycles. The summed E-state index contributed by atoms with van der Waals surface area (Å²) in [7, 11) is 0. The summed E-state index contributed by atoms with van der Waals surface area (Å²) in [6.45, 7) is 2.82. The van der Waals surface area contributed by atoms with Crippen LogP contribution in [0.5, 0.6) is 0 Å². The molecule has 0 unspecified atom stereocenters. The first-order chi connectivity index (χ1) is 13.1. The molecular weight excluding hydrogens is 342 g/mol. The van der Waals surface area contributed by atoms with E-state index in [0.29, 0.717) is 13.1 Å². The van der Waals surface area contributed by atoms with Gasteiger partial charge in [-0.15, -0.1) is 0 Å². The molecule has 2 fully saturated rings. The van der Waals surface area contributed by atoms with E-state index in [1.807, 2.05) is 29.2 Å². The third-order valence-electron chi connectivity index (χ3n) is 5.73. The van der Waals surface area contributed by atoms with Crippen molar-refractivity contribution in [2.45, 2.75) is 32.2 Å². The summed E-state index contributed by atoms with van der Waals surface area (Å²) in [6, 6.07) is 10.9. The molecule has 1 aromatic heterocycles. The van der Waals surface area contributed by atoms with Gasteiger partial charge in [-0.25, -0.2) is 0 Å². The Kier molecular flexibility index (Phi) is 4.97. The number of nitrogens with zero attached hydrogens (tertiary/aromatic N) is 3. The van der Waals surface area contributed by atoms with Crippen LogP contribution < -0.4 is 5.56 Å². The minimum atomic E-state index is -0.177. The lowest BCUT2D eigenvalue weighted by Crippen LogP contribution is -2.47. The molecule has 2 amide bonds. The van der Waals surface area contributed by atoms with Crippen LogP contribution >= 0.6 is 0 Å². The average molecular weight is 367 g/mol. The summed E-state index contributed by atoms with van der Waals surface area (Å²) < 4.78 is 1.53. The van der Waals surface area contributed by atoms with Crippen molar-refractivity contribution in [2.75, 3.05) is 26.2 Å². The molecule has 6 nitrogen and oxygen atoms in total. The number of pyridine rings is 1. The van der Waals surface area contributed by atoms with Gasteiger partial charge >= 0.3 is 0 Å². The van der Waals surface area contributed by atoms with E-state index >= 15 is 0 Å². The van der Waals surface area contributed by atoms with E-state index in [1.165, 1.54) is 10.6 Å². The zero-order valence-corrected chi connectivity index (χ0v) is 15.5. The van der Waals surface area contributed by atoms with E-state index < -0.39 is 0 Å². The Hall–Kier alpha value is -2.63. The van der Waals surface area contributed by atoms with Crippen molar-refractivity contribution in [2.24, 2.45) is 5.92 Å². The SMILES string of the molecule is O=C(Cn1c(=O)ccc2ccccc21)N1CCC[C@H](C(=O)N2CCCC2)C1. The highest BCUT2D eigenvalue weighted by atomic mass is 16.2. The molecule has 0 radical (unpaired) electrons. The Morgan fingerprint density at radius 3 is 2.48 bits per heavy atom. The van der Waals surface area contributed by atoms with Crippen molar-refractivity contribution in [1.29, 1.82) is 0 Å². The Bertz CT molecular complexity index is 914. The molecular formula is C21H25N3O3. The Morgan fingerprint density at radius 2 is 1.67 bits per heavy atom. The van der Waals surface area contributed by atoms with Gasteiger partial charge in [0.15, 0.2) is 0 Å². The van der Waals surface area contributed by atoms with Crippen molar-refractivity contribution >= 4 is 22.7 Å². The summed E-state index contributed by atoms with van der Waals surface area (Å²) in [4.78, 5) is 41.6. The maximum atomic E-state index is 12.9. The molecule has 27 heavy (non-hydrogen) atoms. The molecule has 2 aromatic rings. The van der Waals surface area contributed by atoms with E-state index in [9.17, 15) is 14.4 Å². The molecule has 142 valence electrons. The number of fused-ring (bicyclic) bond motifs is 1. The van der Waals surface area contributed by atoms with Gasteiger partial charge in [0.2, 0.25) is 11.8 Å². The van der Waals surface area contributed by atoms with Gasteiger partial charge < -0.3 is 9.80 Å². The topological polar surface area (TPSA) is 62.6 Å². The predicted octanol–water partition coefficient (Wildman–Crippen LogP) is 1.86. The van der Waals surface area contributed by atoms with E-state index in [2.05, 4.69) is 0 Å². The van der Waals surface area contributed by atoms with Gasteiger partial charge in [-0.1, -0.05) is 18.2 Å². The molecule has 1 aromatic carbocycles. The summed E-state index contributed by atoms with van der Waals surface area (Å²) >= 11 is 0. The molecule has 1 atom stereocenters. The third kappa shape index (κ3) is 3.61. The van der Waals surface area contributed by atoms with Crippen molar-refractivity contribution in [3.8, 4) is 0 Å². The molecule has 4 rings (SSSR count). The highest BCUT2D eigenvalue weighted by Crippen LogP contribution is 2.22. The van der Waals surface area contributed by atoms with Gasteiger partial charge in [-0.05, 0) is 43.2 Å². The van der Waals surface area contributed by atoms with E-state index in [0.717, 1.165) is 49.7 Å². The number of hydrogen-bond acceptors (Lipinski definition) is 3. The first-order valence-electron chi connectivity index (χ1n) is 9.78. The fraction of sp³-hybridized carbons (Fsp3) is 0.476. The van der Waals surface area contributed by atoms with Crippen LogP contribution in [0.15, 0.2) is 41.2 Å². The van der Waals surface area contributed by atoms with Crippen molar-refractivity contribution in [1.82, 2.24) is 14.4 Å². The number of carbonyl (C=O) groups is 2. The average Bonchev–Trinajstić information content (AvgIpc) is 3.24. The lowest BCUT2D eigenvalue weighted by molar-refractivity contribution is -0.140. The van der Waals surface area contributed by atoms with Crippen LogP contribution in [0.1, 0.15) is 25.7 Å². The number of carbonyl (C=O) groups excluding carboxylic acids is 2. The predicted molar refractivity (Wildman–Crippen MR) is 103 cm³/mol. The van der Waals surface area contributed by atoms with Crippen molar-refractivity contribution in [3.05, 3.63) is 46.8 Å². The number of para-hydroxylation sites is 1. The number of benzene rings is 1. The van der Waals surface area contributed by atoms with Crippen LogP contribution in [0.4, 0.5) is 0 Å².